The smallest absolute Gasteiger partial charge is 0.276 e. The van der Waals surface area contributed by atoms with Crippen LogP contribution in [0.2, 0.25) is 0 Å². The monoisotopic (exact) mass is 204 g/mol. The standard InChI is InChI=1S/C13H20N2/c1-4-5-6-11-14-12-7-9-13(10-8-12)15(2)3/h7-11H,4-6H2,1-3H3/q+1. The zero-order valence-electron chi connectivity index (χ0n) is 9.90. The van der Waals surface area contributed by atoms with Gasteiger partial charge in [-0.2, -0.15) is 0 Å². The van der Waals surface area contributed by atoms with Crippen molar-refractivity contribution >= 4 is 17.6 Å². The average Bonchev–Trinajstić information content (AvgIpc) is 2.25. The third-order valence-electron chi connectivity index (χ3n) is 2.29. The van der Waals surface area contributed by atoms with Crippen molar-refractivity contribution in [1.29, 1.82) is 0 Å². The highest BCUT2D eigenvalue weighted by molar-refractivity contribution is 5.62. The molecule has 0 aliphatic heterocycles. The summed E-state index contributed by atoms with van der Waals surface area (Å²) < 4.78 is 0. The molecule has 2 nitrogen and oxygen atoms in total. The summed E-state index contributed by atoms with van der Waals surface area (Å²) >= 11 is 0. The molecule has 0 amide bonds. The Kier molecular flexibility index (Phi) is 4.88. The molecule has 1 rings (SSSR count). The van der Waals surface area contributed by atoms with Crippen LogP contribution in [-0.2, 0) is 0 Å². The van der Waals surface area contributed by atoms with Gasteiger partial charge >= 0.3 is 0 Å². The molecule has 0 aromatic heterocycles. The van der Waals surface area contributed by atoms with Crippen molar-refractivity contribution in [2.45, 2.75) is 26.2 Å². The molecular weight excluding hydrogens is 184 g/mol. The fourth-order valence-electron chi connectivity index (χ4n) is 1.30. The Morgan fingerprint density at radius 3 is 2.40 bits per heavy atom. The predicted molar refractivity (Wildman–Crippen MR) is 68.2 cm³/mol. The van der Waals surface area contributed by atoms with Crippen LogP contribution in [0.4, 0.5) is 11.4 Å². The van der Waals surface area contributed by atoms with Crippen molar-refractivity contribution in [2.75, 3.05) is 19.0 Å². The Hall–Kier alpha value is -1.31. The molecule has 1 radical (unpaired) electrons. The summed E-state index contributed by atoms with van der Waals surface area (Å²) in [7, 11) is 4.08. The molecule has 0 saturated heterocycles. The predicted octanol–water partition coefficient (Wildman–Crippen LogP) is 2.98. The van der Waals surface area contributed by atoms with E-state index in [1.54, 1.807) is 0 Å². The van der Waals surface area contributed by atoms with Crippen molar-refractivity contribution in [3.05, 3.63) is 24.3 Å². The maximum Gasteiger partial charge on any atom is 0.276 e. The number of benzene rings is 1. The molecule has 0 N–H and O–H groups in total. The molecule has 1 aromatic rings. The van der Waals surface area contributed by atoms with Gasteiger partial charge in [0.25, 0.3) is 5.69 Å². The van der Waals surface area contributed by atoms with Crippen molar-refractivity contribution in [1.82, 2.24) is 4.99 Å². The lowest BCUT2D eigenvalue weighted by Crippen LogP contribution is -2.07. The third kappa shape index (κ3) is 4.15. The van der Waals surface area contributed by atoms with Crippen LogP contribution >= 0.6 is 0 Å². The number of unbranched alkanes of at least 4 members (excludes halogenated alkanes) is 2. The molecule has 0 atom stereocenters. The first-order chi connectivity index (χ1) is 7.24. The highest BCUT2D eigenvalue weighted by Gasteiger charge is 2.01. The normalized spacial score (nSPS) is 10.9. The van der Waals surface area contributed by atoms with E-state index in [-0.39, 0.29) is 0 Å². The van der Waals surface area contributed by atoms with Crippen molar-refractivity contribution in [3.63, 3.8) is 0 Å². The van der Waals surface area contributed by atoms with Gasteiger partial charge in [-0.1, -0.05) is 13.3 Å². The van der Waals surface area contributed by atoms with Crippen LogP contribution in [0.25, 0.3) is 0 Å². The summed E-state index contributed by atoms with van der Waals surface area (Å²) in [6.07, 6.45) is 5.53. The molecule has 1 aromatic carbocycles. The highest BCUT2D eigenvalue weighted by Crippen LogP contribution is 2.14. The van der Waals surface area contributed by atoms with Gasteiger partial charge in [0.15, 0.2) is 0 Å². The number of hydrogen-bond acceptors (Lipinski definition) is 2. The van der Waals surface area contributed by atoms with Gasteiger partial charge in [0, 0.05) is 38.3 Å². The molecule has 0 saturated carbocycles. The molecule has 15 heavy (non-hydrogen) atoms. The number of nitrogens with zero attached hydrogens (tertiary/aromatic N) is 2. The summed E-state index contributed by atoms with van der Waals surface area (Å²) in [5.41, 5.74) is 2.25. The van der Waals surface area contributed by atoms with E-state index in [0.29, 0.717) is 0 Å². The third-order valence-corrected chi connectivity index (χ3v) is 2.29. The van der Waals surface area contributed by atoms with Crippen LogP contribution in [0, 0.1) is 0 Å². The second-order valence-electron chi connectivity index (χ2n) is 3.86. The molecule has 0 unspecified atom stereocenters. The van der Waals surface area contributed by atoms with E-state index in [9.17, 15) is 0 Å². The number of hydrogen-bond donors (Lipinski definition) is 0. The zero-order valence-corrected chi connectivity index (χ0v) is 9.90. The van der Waals surface area contributed by atoms with E-state index >= 15 is 0 Å². The minimum Gasteiger partial charge on any atom is -0.378 e. The van der Waals surface area contributed by atoms with Gasteiger partial charge in [-0.05, 0) is 18.6 Å². The topological polar surface area (TPSA) is 17.3 Å². The Balaban J connectivity index is 2.53. The summed E-state index contributed by atoms with van der Waals surface area (Å²) in [6, 6.07) is 8.29. The van der Waals surface area contributed by atoms with Gasteiger partial charge < -0.3 is 4.90 Å². The summed E-state index contributed by atoms with van der Waals surface area (Å²) in [5.74, 6) is 0. The zero-order chi connectivity index (χ0) is 11.1. The second kappa shape index (κ2) is 6.23. The number of aliphatic imine (C=N–C) groups is 1. The molecule has 0 bridgehead atoms. The van der Waals surface area contributed by atoms with E-state index in [4.69, 9.17) is 0 Å². The van der Waals surface area contributed by atoms with Crippen molar-refractivity contribution in [2.24, 2.45) is 0 Å². The Morgan fingerprint density at radius 1 is 1.20 bits per heavy atom. The highest BCUT2D eigenvalue weighted by atomic mass is 15.1. The molecule has 81 valence electrons. The van der Waals surface area contributed by atoms with Gasteiger partial charge in [0.1, 0.15) is 0 Å². The van der Waals surface area contributed by atoms with Crippen LogP contribution < -0.4 is 9.89 Å². The van der Waals surface area contributed by atoms with Crippen LogP contribution in [0.1, 0.15) is 26.2 Å². The van der Waals surface area contributed by atoms with Gasteiger partial charge in [-0.25, -0.2) is 0 Å². The summed E-state index contributed by atoms with van der Waals surface area (Å²) in [5, 5.41) is 0. The first kappa shape index (κ1) is 11.8. The van der Waals surface area contributed by atoms with Crippen molar-refractivity contribution in [3.8, 4) is 0 Å². The lowest BCUT2D eigenvalue weighted by Gasteiger charge is -2.10. The number of rotatable bonds is 5. The molecule has 0 aliphatic rings. The fraction of sp³-hybridized carbons (Fsp3) is 0.462. The number of anilines is 1. The SMILES string of the molecule is CCCCC=[N+]c1ccc(N(C)C)cc1. The largest absolute Gasteiger partial charge is 0.378 e. The Morgan fingerprint density at radius 2 is 1.87 bits per heavy atom. The van der Waals surface area contributed by atoms with Gasteiger partial charge in [-0.3, -0.25) is 0 Å². The fourth-order valence-corrected chi connectivity index (χ4v) is 1.30. The van der Waals surface area contributed by atoms with E-state index in [1.165, 1.54) is 18.5 Å². The van der Waals surface area contributed by atoms with E-state index < -0.39 is 0 Å². The van der Waals surface area contributed by atoms with E-state index in [1.807, 2.05) is 20.3 Å². The molecule has 0 heterocycles. The van der Waals surface area contributed by atoms with Crippen LogP contribution in [0.15, 0.2) is 24.3 Å². The molecule has 2 heteroatoms. The first-order valence-corrected chi connectivity index (χ1v) is 5.54. The maximum atomic E-state index is 4.40. The Bertz CT molecular complexity index is 299. The molecule has 0 spiro atoms. The average molecular weight is 204 g/mol. The lowest BCUT2D eigenvalue weighted by molar-refractivity contribution is 0.841. The van der Waals surface area contributed by atoms with E-state index in [0.717, 1.165) is 12.1 Å². The first-order valence-electron chi connectivity index (χ1n) is 5.54. The maximum absolute atomic E-state index is 4.40. The quantitative estimate of drug-likeness (QED) is 0.532. The minimum atomic E-state index is 1.04. The van der Waals surface area contributed by atoms with Gasteiger partial charge in [-0.15, -0.1) is 0 Å². The second-order valence-corrected chi connectivity index (χ2v) is 3.86. The lowest BCUT2D eigenvalue weighted by atomic mass is 10.2. The van der Waals surface area contributed by atoms with Crippen LogP contribution in [0.3, 0.4) is 0 Å². The van der Waals surface area contributed by atoms with Crippen LogP contribution in [-0.4, -0.2) is 20.3 Å². The summed E-state index contributed by atoms with van der Waals surface area (Å²) in [6.45, 7) is 2.19. The van der Waals surface area contributed by atoms with Crippen LogP contribution in [0.5, 0.6) is 0 Å². The van der Waals surface area contributed by atoms with Gasteiger partial charge in [0.2, 0.25) is 6.21 Å². The molecule has 0 aliphatic carbocycles. The van der Waals surface area contributed by atoms with E-state index in [2.05, 4.69) is 41.1 Å². The van der Waals surface area contributed by atoms with Crippen molar-refractivity contribution < 1.29 is 0 Å². The molecule has 0 fully saturated rings. The molecular formula is C13H20N2+. The summed E-state index contributed by atoms with van der Waals surface area (Å²) in [4.78, 5) is 6.49. The minimum absolute atomic E-state index is 1.04. The van der Waals surface area contributed by atoms with Gasteiger partial charge in [0.05, 0.1) is 4.99 Å². The Labute approximate surface area is 92.6 Å².